The first kappa shape index (κ1) is 17.3. The van der Waals surface area contributed by atoms with Crippen LogP contribution in [0.1, 0.15) is 27.2 Å². The maximum Gasteiger partial charge on any atom is 0.407 e. The van der Waals surface area contributed by atoms with Crippen LogP contribution in [0.3, 0.4) is 0 Å². The quantitative estimate of drug-likeness (QED) is 0.683. The Balaban J connectivity index is 2.77. The summed E-state index contributed by atoms with van der Waals surface area (Å²) in [5.74, 6) is 0. The number of carbonyl (C=O) groups is 2. The summed E-state index contributed by atoms with van der Waals surface area (Å²) in [7, 11) is 0. The lowest BCUT2D eigenvalue weighted by Gasteiger charge is -2.45. The minimum atomic E-state index is -0.996. The van der Waals surface area contributed by atoms with Gasteiger partial charge in [0.15, 0.2) is 0 Å². The molecule has 0 saturated carbocycles. The average Bonchev–Trinajstić information content (AvgIpc) is 2.35. The molecule has 0 aromatic carbocycles. The first-order valence-electron chi connectivity index (χ1n) is 6.99. The van der Waals surface area contributed by atoms with Crippen molar-refractivity contribution in [2.45, 2.75) is 38.3 Å². The molecule has 1 heterocycles. The molecule has 120 valence electrons. The third-order valence-electron chi connectivity index (χ3n) is 3.25. The maximum atomic E-state index is 11.8. The Hall–Kier alpha value is -1.76. The Morgan fingerprint density at radius 1 is 1.52 bits per heavy atom. The summed E-state index contributed by atoms with van der Waals surface area (Å²) < 4.78 is 5.19. The fourth-order valence-corrected chi connectivity index (χ4v) is 2.38. The topological polar surface area (TPSA) is 90.9 Å². The number of nitrogens with one attached hydrogen (secondary N) is 2. The standard InChI is InChI=1S/C14H25N3O4/c1-5-6-14(9-15-7-8-17(14)12(19)20)10-16-11(18)21-13(2,3)4/h5,15H,1,6-10H2,2-4H3,(H,16,18)(H,19,20)/t14-/m0/s1. The summed E-state index contributed by atoms with van der Waals surface area (Å²) in [4.78, 5) is 24.6. The van der Waals surface area contributed by atoms with Crippen LogP contribution in [0.5, 0.6) is 0 Å². The monoisotopic (exact) mass is 299 g/mol. The molecule has 3 N–H and O–H groups in total. The SMILES string of the molecule is C=CC[C@@]1(CNC(=O)OC(C)(C)C)CNCCN1C(=O)O. The molecule has 7 nitrogen and oxygen atoms in total. The molecule has 1 rings (SSSR count). The van der Waals surface area contributed by atoms with Gasteiger partial charge in [0, 0.05) is 26.2 Å². The van der Waals surface area contributed by atoms with Crippen molar-refractivity contribution in [2.75, 3.05) is 26.2 Å². The fraction of sp³-hybridized carbons (Fsp3) is 0.714. The minimum Gasteiger partial charge on any atom is -0.465 e. The largest absolute Gasteiger partial charge is 0.465 e. The second-order valence-electron chi connectivity index (χ2n) is 6.18. The van der Waals surface area contributed by atoms with Gasteiger partial charge in [0.05, 0.1) is 5.54 Å². The number of rotatable bonds is 4. The van der Waals surface area contributed by atoms with Crippen molar-refractivity contribution in [3.05, 3.63) is 12.7 Å². The van der Waals surface area contributed by atoms with Crippen LogP contribution in [0.2, 0.25) is 0 Å². The Morgan fingerprint density at radius 3 is 2.71 bits per heavy atom. The van der Waals surface area contributed by atoms with Crippen molar-refractivity contribution >= 4 is 12.2 Å². The first-order chi connectivity index (χ1) is 9.70. The zero-order valence-corrected chi connectivity index (χ0v) is 12.9. The predicted octanol–water partition coefficient (Wildman–Crippen LogP) is 1.41. The lowest BCUT2D eigenvalue weighted by atomic mass is 9.91. The van der Waals surface area contributed by atoms with Gasteiger partial charge in [0.1, 0.15) is 5.60 Å². The van der Waals surface area contributed by atoms with Gasteiger partial charge < -0.3 is 20.5 Å². The van der Waals surface area contributed by atoms with E-state index < -0.39 is 23.3 Å². The highest BCUT2D eigenvalue weighted by Gasteiger charge is 2.41. The van der Waals surface area contributed by atoms with Gasteiger partial charge in [0.25, 0.3) is 0 Å². The van der Waals surface area contributed by atoms with Crippen molar-refractivity contribution in [3.8, 4) is 0 Å². The van der Waals surface area contributed by atoms with E-state index in [1.807, 2.05) is 0 Å². The number of hydrogen-bond donors (Lipinski definition) is 3. The van der Waals surface area contributed by atoms with Crippen LogP contribution in [0, 0.1) is 0 Å². The summed E-state index contributed by atoms with van der Waals surface area (Å²) in [6.07, 6.45) is 0.563. The number of alkyl carbamates (subject to hydrolysis) is 1. The smallest absolute Gasteiger partial charge is 0.407 e. The first-order valence-corrected chi connectivity index (χ1v) is 6.99. The summed E-state index contributed by atoms with van der Waals surface area (Å²) in [6, 6.07) is 0. The molecule has 0 aromatic rings. The molecular weight excluding hydrogens is 274 g/mol. The molecule has 0 aromatic heterocycles. The van der Waals surface area contributed by atoms with Crippen molar-refractivity contribution < 1.29 is 19.4 Å². The molecule has 1 saturated heterocycles. The second kappa shape index (κ2) is 6.80. The zero-order chi connectivity index (χ0) is 16.1. The van der Waals surface area contributed by atoms with Gasteiger partial charge in [-0.05, 0) is 27.2 Å². The van der Waals surface area contributed by atoms with E-state index in [0.29, 0.717) is 26.1 Å². The zero-order valence-electron chi connectivity index (χ0n) is 12.9. The number of amides is 2. The summed E-state index contributed by atoms with van der Waals surface area (Å²) in [6.45, 7) is 10.6. The molecule has 21 heavy (non-hydrogen) atoms. The molecule has 0 aliphatic carbocycles. The van der Waals surface area contributed by atoms with Gasteiger partial charge in [-0.1, -0.05) is 6.08 Å². The fourth-order valence-electron chi connectivity index (χ4n) is 2.38. The number of hydrogen-bond acceptors (Lipinski definition) is 4. The second-order valence-corrected chi connectivity index (χ2v) is 6.18. The highest BCUT2D eigenvalue weighted by Crippen LogP contribution is 2.22. The molecule has 0 radical (unpaired) electrons. The van der Waals surface area contributed by atoms with E-state index in [1.54, 1.807) is 26.8 Å². The van der Waals surface area contributed by atoms with Crippen LogP contribution in [0.4, 0.5) is 9.59 Å². The van der Waals surface area contributed by atoms with Crippen LogP contribution < -0.4 is 10.6 Å². The van der Waals surface area contributed by atoms with Gasteiger partial charge in [-0.25, -0.2) is 9.59 Å². The number of nitrogens with zero attached hydrogens (tertiary/aromatic N) is 1. The summed E-state index contributed by atoms with van der Waals surface area (Å²) in [5.41, 5.74) is -1.32. The van der Waals surface area contributed by atoms with Crippen LogP contribution in [0.15, 0.2) is 12.7 Å². The van der Waals surface area contributed by atoms with Gasteiger partial charge in [-0.3, -0.25) is 4.90 Å². The molecule has 1 fully saturated rings. The number of carbonyl (C=O) groups excluding carboxylic acids is 1. The highest BCUT2D eigenvalue weighted by molar-refractivity contribution is 5.69. The lowest BCUT2D eigenvalue weighted by Crippen LogP contribution is -2.66. The van der Waals surface area contributed by atoms with Crippen LogP contribution in [-0.2, 0) is 4.74 Å². The van der Waals surface area contributed by atoms with Gasteiger partial charge in [0.2, 0.25) is 0 Å². The Labute approximate surface area is 125 Å². The van der Waals surface area contributed by atoms with Crippen molar-refractivity contribution in [2.24, 2.45) is 0 Å². The molecular formula is C14H25N3O4. The van der Waals surface area contributed by atoms with Crippen molar-refractivity contribution in [1.29, 1.82) is 0 Å². The van der Waals surface area contributed by atoms with Crippen LogP contribution in [-0.4, -0.2) is 59.5 Å². The lowest BCUT2D eigenvalue weighted by molar-refractivity contribution is 0.0368. The van der Waals surface area contributed by atoms with Gasteiger partial charge >= 0.3 is 12.2 Å². The third kappa shape index (κ3) is 4.93. The van der Waals surface area contributed by atoms with Crippen molar-refractivity contribution in [3.63, 3.8) is 0 Å². The van der Waals surface area contributed by atoms with Crippen molar-refractivity contribution in [1.82, 2.24) is 15.5 Å². The van der Waals surface area contributed by atoms with Crippen LogP contribution in [0.25, 0.3) is 0 Å². The van der Waals surface area contributed by atoms with E-state index in [2.05, 4.69) is 17.2 Å². The van der Waals surface area contributed by atoms with Crippen LogP contribution >= 0.6 is 0 Å². The Bertz CT molecular complexity index is 406. The average molecular weight is 299 g/mol. The number of ether oxygens (including phenoxy) is 1. The van der Waals surface area contributed by atoms with Gasteiger partial charge in [-0.15, -0.1) is 6.58 Å². The number of piperazine rings is 1. The third-order valence-corrected chi connectivity index (χ3v) is 3.25. The van der Waals surface area contributed by atoms with E-state index in [1.165, 1.54) is 4.90 Å². The van der Waals surface area contributed by atoms with E-state index in [4.69, 9.17) is 4.74 Å². The molecule has 0 spiro atoms. The Morgan fingerprint density at radius 2 is 2.19 bits per heavy atom. The predicted molar refractivity (Wildman–Crippen MR) is 79.4 cm³/mol. The molecule has 2 amide bonds. The summed E-state index contributed by atoms with van der Waals surface area (Å²) >= 11 is 0. The van der Waals surface area contributed by atoms with E-state index >= 15 is 0 Å². The highest BCUT2D eigenvalue weighted by atomic mass is 16.6. The van der Waals surface area contributed by atoms with E-state index in [9.17, 15) is 14.7 Å². The molecule has 1 aliphatic rings. The van der Waals surface area contributed by atoms with Gasteiger partial charge in [-0.2, -0.15) is 0 Å². The Kier molecular flexibility index (Phi) is 5.60. The molecule has 7 heteroatoms. The molecule has 1 atom stereocenters. The normalized spacial score (nSPS) is 22.5. The molecule has 0 bridgehead atoms. The van der Waals surface area contributed by atoms with E-state index in [-0.39, 0.29) is 6.54 Å². The minimum absolute atomic E-state index is 0.174. The molecule has 1 aliphatic heterocycles. The number of carboxylic acid groups (broad SMARTS) is 1. The van der Waals surface area contributed by atoms with E-state index in [0.717, 1.165) is 0 Å². The maximum absolute atomic E-state index is 11.8. The summed E-state index contributed by atoms with van der Waals surface area (Å²) in [5, 5.41) is 15.2. The molecule has 0 unspecified atom stereocenters.